The molecule has 1 heteroatoms. The second-order valence-corrected chi connectivity index (χ2v) is 4.35. The maximum Gasteiger partial charge on any atom is 0.120 e. The molecule has 2 rings (SSSR count). The van der Waals surface area contributed by atoms with E-state index in [0.717, 1.165) is 5.75 Å². The summed E-state index contributed by atoms with van der Waals surface area (Å²) in [6, 6.07) is 6.44. The van der Waals surface area contributed by atoms with Gasteiger partial charge < -0.3 is 4.74 Å². The summed E-state index contributed by atoms with van der Waals surface area (Å²) >= 11 is 0. The molecule has 1 aliphatic rings. The number of rotatable bonds is 2. The summed E-state index contributed by atoms with van der Waals surface area (Å²) in [6.45, 7) is 4.24. The lowest BCUT2D eigenvalue weighted by atomic mass is 10.1. The average molecular weight is 190 g/mol. The molecule has 0 atom stereocenters. The van der Waals surface area contributed by atoms with Crippen LogP contribution in [-0.2, 0) is 0 Å². The second kappa shape index (κ2) is 4.04. The van der Waals surface area contributed by atoms with Crippen LogP contribution in [0.5, 0.6) is 5.75 Å². The van der Waals surface area contributed by atoms with E-state index in [0.29, 0.717) is 6.10 Å². The zero-order valence-corrected chi connectivity index (χ0v) is 9.05. The van der Waals surface area contributed by atoms with E-state index in [1.807, 2.05) is 0 Å². The van der Waals surface area contributed by atoms with Gasteiger partial charge in [0, 0.05) is 0 Å². The van der Waals surface area contributed by atoms with E-state index in [-0.39, 0.29) is 0 Å². The van der Waals surface area contributed by atoms with Gasteiger partial charge in [0.15, 0.2) is 0 Å². The van der Waals surface area contributed by atoms with Gasteiger partial charge in [-0.25, -0.2) is 0 Å². The van der Waals surface area contributed by atoms with Gasteiger partial charge in [-0.2, -0.15) is 0 Å². The van der Waals surface area contributed by atoms with Crippen molar-refractivity contribution in [3.8, 4) is 5.75 Å². The van der Waals surface area contributed by atoms with E-state index < -0.39 is 0 Å². The van der Waals surface area contributed by atoms with Crippen molar-refractivity contribution in [1.29, 1.82) is 0 Å². The lowest BCUT2D eigenvalue weighted by Gasteiger charge is -2.13. The van der Waals surface area contributed by atoms with Crippen molar-refractivity contribution in [2.45, 2.75) is 45.6 Å². The molecule has 1 nitrogen and oxygen atoms in total. The van der Waals surface area contributed by atoms with Gasteiger partial charge in [-0.3, -0.25) is 0 Å². The van der Waals surface area contributed by atoms with Crippen molar-refractivity contribution < 1.29 is 4.74 Å². The van der Waals surface area contributed by atoms with Gasteiger partial charge in [-0.15, -0.1) is 0 Å². The lowest BCUT2D eigenvalue weighted by molar-refractivity contribution is 0.210. The summed E-state index contributed by atoms with van der Waals surface area (Å²) in [6.07, 6.45) is 5.58. The van der Waals surface area contributed by atoms with Gasteiger partial charge in [0.05, 0.1) is 6.10 Å². The highest BCUT2D eigenvalue weighted by Gasteiger charge is 2.16. The van der Waals surface area contributed by atoms with Gasteiger partial charge in [0.2, 0.25) is 0 Å². The summed E-state index contributed by atoms with van der Waals surface area (Å²) in [4.78, 5) is 0. The third-order valence-corrected chi connectivity index (χ3v) is 2.80. The van der Waals surface area contributed by atoms with Crippen LogP contribution in [0.4, 0.5) is 0 Å². The van der Waals surface area contributed by atoms with Gasteiger partial charge in [-0.1, -0.05) is 6.07 Å². The first kappa shape index (κ1) is 9.57. The van der Waals surface area contributed by atoms with E-state index >= 15 is 0 Å². The van der Waals surface area contributed by atoms with Crippen LogP contribution in [0.2, 0.25) is 0 Å². The van der Waals surface area contributed by atoms with Gasteiger partial charge >= 0.3 is 0 Å². The normalized spacial score (nSPS) is 17.3. The van der Waals surface area contributed by atoms with Crippen LogP contribution in [0.3, 0.4) is 0 Å². The van der Waals surface area contributed by atoms with Crippen molar-refractivity contribution in [2.75, 3.05) is 0 Å². The Morgan fingerprint density at radius 3 is 2.14 bits per heavy atom. The van der Waals surface area contributed by atoms with Crippen molar-refractivity contribution in [3.05, 3.63) is 29.3 Å². The smallest absolute Gasteiger partial charge is 0.120 e. The number of hydrogen-bond donors (Lipinski definition) is 0. The molecule has 0 bridgehead atoms. The van der Waals surface area contributed by atoms with E-state index in [2.05, 4.69) is 32.0 Å². The standard InChI is InChI=1S/C13H18O/c1-10-7-11(2)9-13(8-10)14-12-5-3-4-6-12/h7-9,12H,3-6H2,1-2H3. The van der Waals surface area contributed by atoms with Gasteiger partial charge in [0.25, 0.3) is 0 Å². The van der Waals surface area contributed by atoms with Crippen LogP contribution >= 0.6 is 0 Å². The Bertz CT molecular complexity index is 291. The van der Waals surface area contributed by atoms with Crippen LogP contribution in [-0.4, -0.2) is 6.10 Å². The van der Waals surface area contributed by atoms with Crippen molar-refractivity contribution in [1.82, 2.24) is 0 Å². The van der Waals surface area contributed by atoms with Crippen molar-refractivity contribution >= 4 is 0 Å². The Hall–Kier alpha value is -0.980. The van der Waals surface area contributed by atoms with Gasteiger partial charge in [-0.05, 0) is 62.8 Å². The molecule has 1 saturated carbocycles. The molecule has 0 spiro atoms. The number of ether oxygens (including phenoxy) is 1. The number of aryl methyl sites for hydroxylation is 2. The fourth-order valence-corrected chi connectivity index (χ4v) is 2.20. The molecule has 76 valence electrons. The highest BCUT2D eigenvalue weighted by atomic mass is 16.5. The number of hydrogen-bond acceptors (Lipinski definition) is 1. The minimum Gasteiger partial charge on any atom is -0.490 e. The molecule has 14 heavy (non-hydrogen) atoms. The molecule has 0 N–H and O–H groups in total. The molecule has 0 radical (unpaired) electrons. The SMILES string of the molecule is Cc1cc(C)cc(OC2CCCC2)c1. The maximum absolute atomic E-state index is 5.94. The monoisotopic (exact) mass is 190 g/mol. The van der Waals surface area contributed by atoms with E-state index in [1.165, 1.54) is 36.8 Å². The summed E-state index contributed by atoms with van der Waals surface area (Å²) in [7, 11) is 0. The third-order valence-electron chi connectivity index (χ3n) is 2.80. The van der Waals surface area contributed by atoms with Crippen LogP contribution in [0, 0.1) is 13.8 Å². The molecule has 0 aliphatic heterocycles. The Kier molecular flexibility index (Phi) is 2.76. The minimum atomic E-state index is 0.469. The fraction of sp³-hybridized carbons (Fsp3) is 0.538. The number of benzene rings is 1. The first-order chi connectivity index (χ1) is 6.74. The molecule has 1 fully saturated rings. The third kappa shape index (κ3) is 2.28. The van der Waals surface area contributed by atoms with Crippen molar-refractivity contribution in [3.63, 3.8) is 0 Å². The Balaban J connectivity index is 2.07. The molecule has 1 aromatic rings. The minimum absolute atomic E-state index is 0.469. The quantitative estimate of drug-likeness (QED) is 0.692. The van der Waals surface area contributed by atoms with Crippen LogP contribution in [0.15, 0.2) is 18.2 Å². The maximum atomic E-state index is 5.94. The predicted molar refractivity (Wildman–Crippen MR) is 58.8 cm³/mol. The van der Waals surface area contributed by atoms with Gasteiger partial charge in [0.1, 0.15) is 5.75 Å². The van der Waals surface area contributed by atoms with Crippen molar-refractivity contribution in [2.24, 2.45) is 0 Å². The second-order valence-electron chi connectivity index (χ2n) is 4.35. The molecule has 0 saturated heterocycles. The summed E-state index contributed by atoms with van der Waals surface area (Å²) < 4.78 is 5.94. The molecule has 1 aliphatic carbocycles. The molecule has 1 aromatic carbocycles. The molecule has 0 unspecified atom stereocenters. The predicted octanol–water partition coefficient (Wildman–Crippen LogP) is 3.62. The molecular formula is C13H18O. The first-order valence-corrected chi connectivity index (χ1v) is 5.49. The summed E-state index contributed by atoms with van der Waals surface area (Å²) in [5, 5.41) is 0. The van der Waals surface area contributed by atoms with Crippen LogP contribution in [0.25, 0.3) is 0 Å². The molecule has 0 amide bonds. The Labute approximate surface area is 86.1 Å². The zero-order valence-electron chi connectivity index (χ0n) is 9.05. The highest BCUT2D eigenvalue weighted by Crippen LogP contribution is 2.25. The average Bonchev–Trinajstić information content (AvgIpc) is 2.54. The van der Waals surface area contributed by atoms with E-state index in [1.54, 1.807) is 0 Å². The molecule has 0 heterocycles. The molecular weight excluding hydrogens is 172 g/mol. The molecule has 0 aromatic heterocycles. The van der Waals surface area contributed by atoms with E-state index in [9.17, 15) is 0 Å². The summed E-state index contributed by atoms with van der Waals surface area (Å²) in [5.74, 6) is 1.05. The van der Waals surface area contributed by atoms with Crippen LogP contribution in [0.1, 0.15) is 36.8 Å². The topological polar surface area (TPSA) is 9.23 Å². The Morgan fingerprint density at radius 1 is 1.00 bits per heavy atom. The zero-order chi connectivity index (χ0) is 9.97. The van der Waals surface area contributed by atoms with Crippen LogP contribution < -0.4 is 4.74 Å². The lowest BCUT2D eigenvalue weighted by Crippen LogP contribution is -2.10. The first-order valence-electron chi connectivity index (χ1n) is 5.49. The fourth-order valence-electron chi connectivity index (χ4n) is 2.20. The largest absolute Gasteiger partial charge is 0.490 e. The van der Waals surface area contributed by atoms with E-state index in [4.69, 9.17) is 4.74 Å². The highest BCUT2D eigenvalue weighted by molar-refractivity contribution is 5.33. The summed E-state index contributed by atoms with van der Waals surface area (Å²) in [5.41, 5.74) is 2.58. The Morgan fingerprint density at radius 2 is 1.57 bits per heavy atom.